The van der Waals surface area contributed by atoms with E-state index in [1.54, 1.807) is 38.1 Å². The molecule has 36 heavy (non-hydrogen) atoms. The van der Waals surface area contributed by atoms with Crippen LogP contribution in [0.3, 0.4) is 0 Å². The number of aliphatic hydroxyl groups is 3. The van der Waals surface area contributed by atoms with Crippen LogP contribution in [0.15, 0.2) is 17.7 Å². The molecule has 0 radical (unpaired) electrons. The Kier molecular flexibility index (Phi) is 6.61. The minimum Gasteiger partial charge on any atom is -0.507 e. The first-order valence-electron chi connectivity index (χ1n) is 12.3. The van der Waals surface area contributed by atoms with Crippen LogP contribution >= 0.6 is 0 Å². The maximum absolute atomic E-state index is 13.9. The predicted molar refractivity (Wildman–Crippen MR) is 133 cm³/mol. The molecule has 2 fully saturated rings. The maximum atomic E-state index is 13.9. The number of aryl methyl sites for hydroxylation is 1. The normalized spacial score (nSPS) is 32.0. The van der Waals surface area contributed by atoms with E-state index in [-0.39, 0.29) is 23.3 Å². The highest BCUT2D eigenvalue weighted by atomic mass is 16.3. The molecule has 1 aromatic rings. The predicted octanol–water partition coefficient (Wildman–Crippen LogP) is 1.11. The summed E-state index contributed by atoms with van der Waals surface area (Å²) in [5, 5.41) is 45.0. The van der Waals surface area contributed by atoms with Crippen molar-refractivity contribution in [2.45, 2.75) is 57.3 Å². The van der Waals surface area contributed by atoms with Crippen LogP contribution in [0.2, 0.25) is 0 Å². The molecule has 4 rings (SSSR count). The van der Waals surface area contributed by atoms with Crippen molar-refractivity contribution in [3.05, 3.63) is 40.0 Å². The maximum Gasteiger partial charge on any atom is 0.230 e. The summed E-state index contributed by atoms with van der Waals surface area (Å²) < 4.78 is 0. The number of nitrogens with two attached hydrogens (primary N) is 1. The van der Waals surface area contributed by atoms with E-state index < -0.39 is 58.7 Å². The number of nitrogens with zero attached hydrogens (tertiary/aromatic N) is 1. The van der Waals surface area contributed by atoms with Gasteiger partial charge in [-0.15, -0.1) is 0 Å². The Labute approximate surface area is 209 Å². The van der Waals surface area contributed by atoms with Crippen molar-refractivity contribution < 1.29 is 34.8 Å². The number of carbonyl (C=O) groups excluding carboxylic acids is 3. The van der Waals surface area contributed by atoms with Crippen LogP contribution in [0.5, 0.6) is 5.75 Å². The highest BCUT2D eigenvalue weighted by Crippen LogP contribution is 2.53. The van der Waals surface area contributed by atoms with Crippen LogP contribution in [0.1, 0.15) is 48.9 Å². The summed E-state index contributed by atoms with van der Waals surface area (Å²) in [7, 11) is 3.26. The van der Waals surface area contributed by atoms with Gasteiger partial charge in [0, 0.05) is 23.1 Å². The van der Waals surface area contributed by atoms with Crippen LogP contribution in [0, 0.1) is 17.8 Å². The molecule has 0 saturated heterocycles. The average Bonchev–Trinajstić information content (AvgIpc) is 2.79. The van der Waals surface area contributed by atoms with Gasteiger partial charge in [0.15, 0.2) is 11.4 Å². The summed E-state index contributed by atoms with van der Waals surface area (Å²) in [4.78, 5) is 41.0. The number of hydrogen-bond acceptors (Lipinski definition) is 8. The number of amides is 1. The number of phenolic OH excluding ortho intramolecular Hbond substituents is 1. The molecule has 3 aliphatic rings. The van der Waals surface area contributed by atoms with E-state index in [1.165, 1.54) is 0 Å². The topological polar surface area (TPSA) is 161 Å². The minimum atomic E-state index is -2.64. The molecule has 9 heteroatoms. The third-order valence-electron chi connectivity index (χ3n) is 8.08. The van der Waals surface area contributed by atoms with E-state index in [0.717, 1.165) is 17.5 Å². The van der Waals surface area contributed by atoms with Crippen molar-refractivity contribution >= 4 is 29.3 Å². The van der Waals surface area contributed by atoms with E-state index >= 15 is 0 Å². The molecular weight excluding hydrogens is 464 g/mol. The SMILES string of the molecule is C/C=C/c1cc(CCC)c2c(c1O)C(O)=C1C(=O)[C@@]3(O)C(=O)C(C(N)=O)C(O)[C@H](N(C)C)[C@H]3C[C@H]1C2. The van der Waals surface area contributed by atoms with Crippen LogP contribution in [-0.2, 0) is 27.2 Å². The summed E-state index contributed by atoms with van der Waals surface area (Å²) in [5.41, 5.74) is 4.92. The molecule has 0 bridgehead atoms. The van der Waals surface area contributed by atoms with Gasteiger partial charge in [0.1, 0.15) is 17.4 Å². The van der Waals surface area contributed by atoms with Gasteiger partial charge in [-0.2, -0.15) is 0 Å². The summed E-state index contributed by atoms with van der Waals surface area (Å²) in [6.45, 7) is 3.82. The number of aliphatic hydroxyl groups excluding tert-OH is 2. The lowest BCUT2D eigenvalue weighted by Crippen LogP contribution is -2.73. The number of hydrogen-bond donors (Lipinski definition) is 5. The second-order valence-corrected chi connectivity index (χ2v) is 10.4. The third kappa shape index (κ3) is 3.52. The van der Waals surface area contributed by atoms with E-state index in [0.29, 0.717) is 18.4 Å². The molecule has 6 atom stereocenters. The molecule has 0 aromatic heterocycles. The molecule has 9 nitrogen and oxygen atoms in total. The molecule has 6 N–H and O–H groups in total. The monoisotopic (exact) mass is 498 g/mol. The number of allylic oxidation sites excluding steroid dienone is 1. The fraction of sp³-hybridized carbons (Fsp3) is 0.519. The third-order valence-corrected chi connectivity index (χ3v) is 8.08. The number of benzene rings is 1. The minimum absolute atomic E-state index is 0.112. The standard InChI is InChI=1S/C27H34N2O7/c1-5-7-12-9-13(8-6-2)21(30)18-15(12)10-14-11-16-20(29(3)4)23(32)19(26(28)35)25(34)27(16,36)24(33)17(14)22(18)31/h6,8-9,14,16,19-20,23,30-32,36H,5,7,10-11H2,1-4H3,(H2,28,35)/b8-6+/t14-,16-,19?,20-,23?,27-/m1/s1. The fourth-order valence-electron chi connectivity index (χ4n) is 6.57. The zero-order chi connectivity index (χ0) is 26.7. The highest BCUT2D eigenvalue weighted by molar-refractivity contribution is 6.25. The van der Waals surface area contributed by atoms with Gasteiger partial charge in [0.05, 0.1) is 11.7 Å². The van der Waals surface area contributed by atoms with Gasteiger partial charge in [0.2, 0.25) is 11.7 Å². The van der Waals surface area contributed by atoms with Crippen LogP contribution in [0.25, 0.3) is 11.8 Å². The number of rotatable bonds is 5. The number of fused-ring (bicyclic) bond motifs is 3. The first-order chi connectivity index (χ1) is 16.9. The molecule has 1 aromatic carbocycles. The number of phenols is 1. The van der Waals surface area contributed by atoms with Crippen LogP contribution < -0.4 is 5.73 Å². The number of aromatic hydroxyl groups is 1. The van der Waals surface area contributed by atoms with E-state index in [2.05, 4.69) is 0 Å². The van der Waals surface area contributed by atoms with Gasteiger partial charge < -0.3 is 31.1 Å². The number of likely N-dealkylation sites (N-methyl/N-ethyl adjacent to an activating group) is 1. The van der Waals surface area contributed by atoms with Gasteiger partial charge in [-0.1, -0.05) is 25.5 Å². The number of primary amides is 1. The molecule has 2 saturated carbocycles. The quantitative estimate of drug-likeness (QED) is 0.377. The van der Waals surface area contributed by atoms with Crippen LogP contribution in [-0.4, -0.2) is 74.6 Å². The average molecular weight is 499 g/mol. The van der Waals surface area contributed by atoms with Gasteiger partial charge >= 0.3 is 0 Å². The Morgan fingerprint density at radius 2 is 1.94 bits per heavy atom. The molecule has 0 aliphatic heterocycles. The Hall–Kier alpha value is -3.01. The van der Waals surface area contributed by atoms with Gasteiger partial charge in [-0.3, -0.25) is 14.4 Å². The van der Waals surface area contributed by atoms with Gasteiger partial charge in [-0.05, 0) is 63.4 Å². The lowest BCUT2D eigenvalue weighted by molar-refractivity contribution is -0.184. The Morgan fingerprint density at radius 1 is 1.28 bits per heavy atom. The molecule has 0 spiro atoms. The Balaban J connectivity index is 1.95. The zero-order valence-corrected chi connectivity index (χ0v) is 21.0. The van der Waals surface area contributed by atoms with E-state index in [1.807, 2.05) is 13.0 Å². The Morgan fingerprint density at radius 3 is 2.50 bits per heavy atom. The molecular formula is C27H34N2O7. The summed E-state index contributed by atoms with van der Waals surface area (Å²) in [6.07, 6.45) is 3.91. The van der Waals surface area contributed by atoms with Crippen LogP contribution in [0.4, 0.5) is 0 Å². The summed E-state index contributed by atoms with van der Waals surface area (Å²) in [6, 6.07) is 0.977. The van der Waals surface area contributed by atoms with Crippen molar-refractivity contribution in [3.63, 3.8) is 0 Å². The fourth-order valence-corrected chi connectivity index (χ4v) is 6.57. The van der Waals surface area contributed by atoms with Crippen molar-refractivity contribution in [1.29, 1.82) is 0 Å². The second kappa shape index (κ2) is 9.14. The van der Waals surface area contributed by atoms with E-state index in [4.69, 9.17) is 5.73 Å². The highest BCUT2D eigenvalue weighted by Gasteiger charge is 2.67. The lowest BCUT2D eigenvalue weighted by atomic mass is 9.54. The number of Topliss-reactive ketones (excluding diaryl/α,β-unsaturated/α-hetero) is 2. The first kappa shape index (κ1) is 26.1. The molecule has 1 amide bonds. The lowest BCUT2D eigenvalue weighted by Gasteiger charge is -2.53. The smallest absolute Gasteiger partial charge is 0.230 e. The van der Waals surface area contributed by atoms with Crippen molar-refractivity contribution in [2.75, 3.05) is 14.1 Å². The Bertz CT molecular complexity index is 1200. The summed E-state index contributed by atoms with van der Waals surface area (Å²) >= 11 is 0. The zero-order valence-electron chi connectivity index (χ0n) is 21.0. The number of carbonyl (C=O) groups is 3. The molecule has 194 valence electrons. The molecule has 2 unspecified atom stereocenters. The molecule has 3 aliphatic carbocycles. The second-order valence-electron chi connectivity index (χ2n) is 10.4. The summed E-state index contributed by atoms with van der Waals surface area (Å²) in [5.74, 6) is -7.28. The first-order valence-corrected chi connectivity index (χ1v) is 12.3. The van der Waals surface area contributed by atoms with Gasteiger partial charge in [0.25, 0.3) is 0 Å². The molecule has 0 heterocycles. The van der Waals surface area contributed by atoms with Crippen molar-refractivity contribution in [2.24, 2.45) is 23.5 Å². The van der Waals surface area contributed by atoms with Gasteiger partial charge in [-0.25, -0.2) is 0 Å². The number of ketones is 2. The van der Waals surface area contributed by atoms with E-state index in [9.17, 15) is 34.8 Å². The van der Waals surface area contributed by atoms with Crippen molar-refractivity contribution in [3.8, 4) is 5.75 Å². The van der Waals surface area contributed by atoms with Crippen molar-refractivity contribution in [1.82, 2.24) is 4.90 Å². The largest absolute Gasteiger partial charge is 0.507 e.